The Morgan fingerprint density at radius 3 is 2.44 bits per heavy atom. The van der Waals surface area contributed by atoms with Gasteiger partial charge in [0, 0.05) is 23.0 Å². The quantitative estimate of drug-likeness (QED) is 0.118. The lowest BCUT2D eigenvalue weighted by molar-refractivity contribution is -0.140. The summed E-state index contributed by atoms with van der Waals surface area (Å²) in [4.78, 5) is 24.5. The van der Waals surface area contributed by atoms with E-state index in [2.05, 4.69) is 6.58 Å². The van der Waals surface area contributed by atoms with Crippen molar-refractivity contribution < 1.29 is 19.1 Å². The van der Waals surface area contributed by atoms with Crippen LogP contribution in [0.3, 0.4) is 0 Å². The SMILES string of the molecule is C=CCCCC1CCC(C(=O)Oc2ccc(/C=C/C(=O)OCc3ccc(N)cc3N)cc2)CC1. The van der Waals surface area contributed by atoms with E-state index in [4.69, 9.17) is 20.9 Å². The molecule has 0 unspecified atom stereocenters. The molecular weight excluding hydrogens is 428 g/mol. The van der Waals surface area contributed by atoms with Crippen molar-refractivity contribution in [2.24, 2.45) is 11.8 Å². The number of nitrogens with two attached hydrogens (primary N) is 2. The summed E-state index contributed by atoms with van der Waals surface area (Å²) in [5.41, 5.74) is 14.1. The third-order valence-electron chi connectivity index (χ3n) is 6.25. The van der Waals surface area contributed by atoms with Gasteiger partial charge in [-0.05, 0) is 80.3 Å². The van der Waals surface area contributed by atoms with Crippen LogP contribution in [0.2, 0.25) is 0 Å². The van der Waals surface area contributed by atoms with Crippen LogP contribution in [0.5, 0.6) is 5.75 Å². The molecule has 0 heterocycles. The Bertz CT molecular complexity index is 1010. The molecule has 2 aromatic rings. The van der Waals surface area contributed by atoms with Crippen molar-refractivity contribution in [2.75, 3.05) is 11.5 Å². The van der Waals surface area contributed by atoms with E-state index in [1.165, 1.54) is 18.9 Å². The summed E-state index contributed by atoms with van der Waals surface area (Å²) in [6.45, 7) is 3.84. The third kappa shape index (κ3) is 7.80. The van der Waals surface area contributed by atoms with Gasteiger partial charge in [0.05, 0.1) is 5.92 Å². The lowest BCUT2D eigenvalue weighted by Crippen LogP contribution is -2.25. The summed E-state index contributed by atoms with van der Waals surface area (Å²) in [7, 11) is 0. The number of esters is 2. The second-order valence-electron chi connectivity index (χ2n) is 8.83. The van der Waals surface area contributed by atoms with Crippen LogP contribution in [-0.2, 0) is 20.9 Å². The topological polar surface area (TPSA) is 105 Å². The van der Waals surface area contributed by atoms with Gasteiger partial charge in [-0.3, -0.25) is 4.79 Å². The van der Waals surface area contributed by atoms with E-state index in [1.54, 1.807) is 48.5 Å². The molecule has 180 valence electrons. The van der Waals surface area contributed by atoms with Crippen LogP contribution in [-0.4, -0.2) is 11.9 Å². The number of carbonyl (C=O) groups is 2. The van der Waals surface area contributed by atoms with E-state index in [0.29, 0.717) is 28.6 Å². The second kappa shape index (κ2) is 12.6. The lowest BCUT2D eigenvalue weighted by Gasteiger charge is -2.27. The maximum atomic E-state index is 12.5. The Balaban J connectivity index is 1.42. The monoisotopic (exact) mass is 462 g/mol. The summed E-state index contributed by atoms with van der Waals surface area (Å²) in [6, 6.07) is 12.1. The third-order valence-corrected chi connectivity index (χ3v) is 6.25. The molecule has 1 aliphatic carbocycles. The molecule has 34 heavy (non-hydrogen) atoms. The molecule has 0 radical (unpaired) electrons. The average Bonchev–Trinajstić information content (AvgIpc) is 2.83. The zero-order valence-corrected chi connectivity index (χ0v) is 19.6. The Labute approximate surface area is 201 Å². The van der Waals surface area contributed by atoms with Crippen molar-refractivity contribution >= 4 is 29.4 Å². The second-order valence-corrected chi connectivity index (χ2v) is 8.83. The van der Waals surface area contributed by atoms with Gasteiger partial charge in [0.1, 0.15) is 12.4 Å². The standard InChI is InChI=1S/C28H34N2O4/c1-2-3-4-5-20-6-11-22(12-7-20)28(32)34-25-15-8-21(9-16-25)10-17-27(31)33-19-23-13-14-24(29)18-26(23)30/h2,8-10,13-18,20,22H,1,3-7,11-12,19,29-30H2/b17-10+. The maximum absolute atomic E-state index is 12.5. The van der Waals surface area contributed by atoms with Crippen LogP contribution in [0, 0.1) is 11.8 Å². The number of anilines is 2. The normalized spacial score (nSPS) is 17.9. The molecule has 1 fully saturated rings. The minimum absolute atomic E-state index is 0.0277. The van der Waals surface area contributed by atoms with Gasteiger partial charge >= 0.3 is 11.9 Å². The van der Waals surface area contributed by atoms with Crippen molar-refractivity contribution in [1.82, 2.24) is 0 Å². The summed E-state index contributed by atoms with van der Waals surface area (Å²) < 4.78 is 10.8. The van der Waals surface area contributed by atoms with Crippen molar-refractivity contribution in [3.05, 3.63) is 72.3 Å². The predicted molar refractivity (Wildman–Crippen MR) is 136 cm³/mol. The number of hydrogen-bond acceptors (Lipinski definition) is 6. The highest BCUT2D eigenvalue weighted by Gasteiger charge is 2.27. The van der Waals surface area contributed by atoms with E-state index in [9.17, 15) is 9.59 Å². The highest BCUT2D eigenvalue weighted by Crippen LogP contribution is 2.33. The van der Waals surface area contributed by atoms with Crippen LogP contribution in [0.4, 0.5) is 11.4 Å². The van der Waals surface area contributed by atoms with Crippen LogP contribution in [0.25, 0.3) is 6.08 Å². The van der Waals surface area contributed by atoms with Crippen LogP contribution >= 0.6 is 0 Å². The van der Waals surface area contributed by atoms with Gasteiger partial charge in [-0.15, -0.1) is 6.58 Å². The minimum Gasteiger partial charge on any atom is -0.458 e. The number of nitrogen functional groups attached to an aromatic ring is 2. The lowest BCUT2D eigenvalue weighted by atomic mass is 9.80. The van der Waals surface area contributed by atoms with Crippen molar-refractivity contribution in [2.45, 2.75) is 51.6 Å². The van der Waals surface area contributed by atoms with Crippen LogP contribution in [0.15, 0.2) is 61.2 Å². The van der Waals surface area contributed by atoms with Gasteiger partial charge in [-0.1, -0.05) is 30.7 Å². The molecule has 6 nitrogen and oxygen atoms in total. The van der Waals surface area contributed by atoms with Gasteiger partial charge in [0.15, 0.2) is 0 Å². The Morgan fingerprint density at radius 2 is 1.76 bits per heavy atom. The van der Waals surface area contributed by atoms with Crippen molar-refractivity contribution in [3.63, 3.8) is 0 Å². The molecular formula is C28H34N2O4. The fourth-order valence-electron chi connectivity index (χ4n) is 4.19. The molecule has 0 amide bonds. The molecule has 0 atom stereocenters. The van der Waals surface area contributed by atoms with E-state index < -0.39 is 5.97 Å². The summed E-state index contributed by atoms with van der Waals surface area (Å²) in [6.07, 6.45) is 12.4. The van der Waals surface area contributed by atoms with Gasteiger partial charge in [-0.2, -0.15) is 0 Å². The molecule has 1 saturated carbocycles. The minimum atomic E-state index is -0.480. The Hall–Kier alpha value is -3.54. The molecule has 2 aromatic carbocycles. The fourth-order valence-corrected chi connectivity index (χ4v) is 4.19. The number of unbranched alkanes of at least 4 members (excludes halogenated alkanes) is 1. The molecule has 0 spiro atoms. The van der Waals surface area contributed by atoms with Crippen molar-refractivity contribution in [1.29, 1.82) is 0 Å². The van der Waals surface area contributed by atoms with E-state index in [1.807, 2.05) is 6.08 Å². The molecule has 1 aliphatic rings. The van der Waals surface area contributed by atoms with Crippen LogP contribution < -0.4 is 16.2 Å². The predicted octanol–water partition coefficient (Wildman–Crippen LogP) is 5.68. The highest BCUT2D eigenvalue weighted by molar-refractivity contribution is 5.87. The number of allylic oxidation sites excluding steroid dienone is 1. The molecule has 6 heteroatoms. The van der Waals surface area contributed by atoms with Gasteiger partial charge in [-0.25, -0.2) is 4.79 Å². The number of benzene rings is 2. The Morgan fingerprint density at radius 1 is 1.03 bits per heavy atom. The van der Waals surface area contributed by atoms with E-state index in [-0.39, 0.29) is 18.5 Å². The molecule has 0 aliphatic heterocycles. The average molecular weight is 463 g/mol. The van der Waals surface area contributed by atoms with Crippen molar-refractivity contribution in [3.8, 4) is 5.75 Å². The molecule has 0 aromatic heterocycles. The van der Waals surface area contributed by atoms with E-state index >= 15 is 0 Å². The number of rotatable bonds is 10. The largest absolute Gasteiger partial charge is 0.458 e. The van der Waals surface area contributed by atoms with Gasteiger partial charge in [0.2, 0.25) is 0 Å². The first kappa shape index (κ1) is 25.1. The Kier molecular flexibility index (Phi) is 9.32. The molecule has 3 rings (SSSR count). The van der Waals surface area contributed by atoms with Crippen LogP contribution in [0.1, 0.15) is 56.1 Å². The number of ether oxygens (including phenoxy) is 2. The summed E-state index contributed by atoms with van der Waals surface area (Å²) in [5.74, 6) is 0.563. The highest BCUT2D eigenvalue weighted by atomic mass is 16.5. The molecule has 0 bridgehead atoms. The number of carbonyl (C=O) groups excluding carboxylic acids is 2. The zero-order chi connectivity index (χ0) is 24.3. The first-order chi connectivity index (χ1) is 16.4. The number of hydrogen-bond donors (Lipinski definition) is 2. The summed E-state index contributed by atoms with van der Waals surface area (Å²) >= 11 is 0. The molecule has 0 saturated heterocycles. The summed E-state index contributed by atoms with van der Waals surface area (Å²) in [5, 5.41) is 0. The smallest absolute Gasteiger partial charge is 0.331 e. The first-order valence-electron chi connectivity index (χ1n) is 11.9. The molecule has 4 N–H and O–H groups in total. The zero-order valence-electron chi connectivity index (χ0n) is 19.6. The van der Waals surface area contributed by atoms with Gasteiger partial charge in [0.25, 0.3) is 0 Å². The fraction of sp³-hybridized carbons (Fsp3) is 0.357. The maximum Gasteiger partial charge on any atom is 0.331 e. The van der Waals surface area contributed by atoms with E-state index in [0.717, 1.165) is 37.7 Å². The first-order valence-corrected chi connectivity index (χ1v) is 11.9. The van der Waals surface area contributed by atoms with Gasteiger partial charge < -0.3 is 20.9 Å².